The molecular formula is C21H25ClN2O3. The highest BCUT2D eigenvalue weighted by atomic mass is 35.5. The highest BCUT2D eigenvalue weighted by molar-refractivity contribution is 6.32. The van der Waals surface area contributed by atoms with Crippen molar-refractivity contribution in [3.63, 3.8) is 0 Å². The summed E-state index contributed by atoms with van der Waals surface area (Å²) in [5.41, 5.74) is 9.16. The summed E-state index contributed by atoms with van der Waals surface area (Å²) in [5.74, 6) is 1.14. The smallest absolute Gasteiger partial charge is 0.258 e. The summed E-state index contributed by atoms with van der Waals surface area (Å²) in [6.45, 7) is 5.26. The molecule has 144 valence electrons. The van der Waals surface area contributed by atoms with Crippen molar-refractivity contribution in [2.45, 2.75) is 26.7 Å². The molecule has 6 heteroatoms. The second kappa shape index (κ2) is 8.09. The first-order valence-corrected chi connectivity index (χ1v) is 9.49. The van der Waals surface area contributed by atoms with Gasteiger partial charge in [0.05, 0.1) is 18.7 Å². The summed E-state index contributed by atoms with van der Waals surface area (Å²) in [5, 5.41) is 0.364. The Balaban J connectivity index is 1.95. The Morgan fingerprint density at radius 1 is 1.33 bits per heavy atom. The number of hydrogen-bond donors (Lipinski definition) is 1. The topological polar surface area (TPSA) is 64.8 Å². The molecule has 0 atom stereocenters. The number of carbonyl (C=O) groups is 1. The van der Waals surface area contributed by atoms with Crippen LogP contribution in [-0.4, -0.2) is 26.2 Å². The highest BCUT2D eigenvalue weighted by Crippen LogP contribution is 2.38. The van der Waals surface area contributed by atoms with Crippen molar-refractivity contribution in [1.82, 2.24) is 0 Å². The van der Waals surface area contributed by atoms with E-state index in [9.17, 15) is 4.79 Å². The minimum atomic E-state index is -0.128. The molecule has 1 heterocycles. The van der Waals surface area contributed by atoms with Crippen LogP contribution in [0.1, 0.15) is 36.2 Å². The van der Waals surface area contributed by atoms with Crippen LogP contribution in [0.3, 0.4) is 0 Å². The maximum atomic E-state index is 13.2. The van der Waals surface area contributed by atoms with Crippen LogP contribution in [0.4, 0.5) is 11.4 Å². The molecule has 2 aromatic rings. The number of fused-ring (bicyclic) bond motifs is 1. The number of carbonyl (C=O) groups excluding carboxylic acids is 1. The molecule has 0 aliphatic carbocycles. The molecule has 0 bridgehead atoms. The summed E-state index contributed by atoms with van der Waals surface area (Å²) >= 11 is 6.41. The quantitative estimate of drug-likeness (QED) is 0.762. The van der Waals surface area contributed by atoms with Crippen LogP contribution in [-0.2, 0) is 6.42 Å². The van der Waals surface area contributed by atoms with Crippen molar-refractivity contribution in [3.05, 3.63) is 46.5 Å². The van der Waals surface area contributed by atoms with Crippen molar-refractivity contribution in [2.24, 2.45) is 5.92 Å². The van der Waals surface area contributed by atoms with Crippen LogP contribution in [0, 0.1) is 5.92 Å². The Morgan fingerprint density at radius 3 is 2.81 bits per heavy atom. The van der Waals surface area contributed by atoms with Crippen LogP contribution in [0.15, 0.2) is 30.3 Å². The van der Waals surface area contributed by atoms with E-state index in [1.54, 1.807) is 24.1 Å². The number of nitrogens with two attached hydrogens (primary N) is 1. The fourth-order valence-corrected chi connectivity index (χ4v) is 3.52. The fourth-order valence-electron chi connectivity index (χ4n) is 3.25. The molecule has 0 saturated heterocycles. The molecule has 27 heavy (non-hydrogen) atoms. The molecule has 1 aliphatic rings. The number of rotatable bonds is 5. The number of nitrogen functional groups attached to an aromatic ring is 1. The molecule has 3 rings (SSSR count). The van der Waals surface area contributed by atoms with Gasteiger partial charge in [0.25, 0.3) is 5.91 Å². The average molecular weight is 389 g/mol. The van der Waals surface area contributed by atoms with E-state index in [1.807, 2.05) is 18.2 Å². The van der Waals surface area contributed by atoms with Crippen molar-refractivity contribution in [3.8, 4) is 11.5 Å². The number of halogens is 1. The van der Waals surface area contributed by atoms with E-state index in [-0.39, 0.29) is 5.91 Å². The monoisotopic (exact) mass is 388 g/mol. The Bertz CT molecular complexity index is 852. The van der Waals surface area contributed by atoms with Gasteiger partial charge in [0.15, 0.2) is 11.5 Å². The zero-order valence-corrected chi connectivity index (χ0v) is 16.7. The first-order valence-electron chi connectivity index (χ1n) is 9.12. The van der Waals surface area contributed by atoms with Gasteiger partial charge in [-0.25, -0.2) is 0 Å². The lowest BCUT2D eigenvalue weighted by molar-refractivity contribution is 0.0984. The number of methoxy groups -OCH3 is 1. The molecule has 0 unspecified atom stereocenters. The number of hydrogen-bond acceptors (Lipinski definition) is 4. The van der Waals surface area contributed by atoms with Gasteiger partial charge in [-0.3, -0.25) is 4.79 Å². The minimum absolute atomic E-state index is 0.128. The normalized spacial score (nSPS) is 13.4. The lowest BCUT2D eigenvalue weighted by atomic mass is 9.99. The maximum absolute atomic E-state index is 13.2. The standard InChI is InChI=1S/C21H25ClN2O3/c1-13(2)12-27-20-16(22)10-14(11-19(20)26-3)21(25)24-9-5-6-15-17(23)7-4-8-18(15)24/h4,7-8,10-11,13H,5-6,9,12,23H2,1-3H3. The number of ether oxygens (including phenoxy) is 2. The minimum Gasteiger partial charge on any atom is -0.493 e. The third-order valence-corrected chi connectivity index (χ3v) is 4.85. The predicted octanol–water partition coefficient (Wildman–Crippen LogP) is 4.56. The van der Waals surface area contributed by atoms with Crippen LogP contribution >= 0.6 is 11.6 Å². The fraction of sp³-hybridized carbons (Fsp3) is 0.381. The van der Waals surface area contributed by atoms with E-state index in [0.717, 1.165) is 29.8 Å². The lowest BCUT2D eigenvalue weighted by Crippen LogP contribution is -2.35. The Kier molecular flexibility index (Phi) is 5.80. The Morgan fingerprint density at radius 2 is 2.11 bits per heavy atom. The largest absolute Gasteiger partial charge is 0.493 e. The molecule has 5 nitrogen and oxygen atoms in total. The molecule has 0 spiro atoms. The molecule has 0 radical (unpaired) electrons. The van der Waals surface area contributed by atoms with Crippen molar-refractivity contribution in [2.75, 3.05) is 30.9 Å². The van der Waals surface area contributed by atoms with Gasteiger partial charge < -0.3 is 20.1 Å². The van der Waals surface area contributed by atoms with E-state index >= 15 is 0 Å². The van der Waals surface area contributed by atoms with Crippen LogP contribution in [0.5, 0.6) is 11.5 Å². The Hall–Kier alpha value is -2.40. The molecule has 2 N–H and O–H groups in total. The molecule has 2 aromatic carbocycles. The van der Waals surface area contributed by atoms with E-state index < -0.39 is 0 Å². The van der Waals surface area contributed by atoms with E-state index in [2.05, 4.69) is 13.8 Å². The average Bonchev–Trinajstić information content (AvgIpc) is 2.65. The number of nitrogens with zero attached hydrogens (tertiary/aromatic N) is 1. The first-order chi connectivity index (χ1) is 12.9. The SMILES string of the molecule is COc1cc(C(=O)N2CCCc3c(N)cccc32)cc(Cl)c1OCC(C)C. The van der Waals surface area contributed by atoms with Gasteiger partial charge >= 0.3 is 0 Å². The van der Waals surface area contributed by atoms with Crippen LogP contribution in [0.25, 0.3) is 0 Å². The van der Waals surface area contributed by atoms with Crippen molar-refractivity contribution >= 4 is 28.9 Å². The van der Waals surface area contributed by atoms with Gasteiger partial charge in [0, 0.05) is 23.5 Å². The van der Waals surface area contributed by atoms with Gasteiger partial charge in [-0.05, 0) is 48.6 Å². The second-order valence-corrected chi connectivity index (χ2v) is 7.51. The number of anilines is 2. The molecule has 1 aliphatic heterocycles. The maximum Gasteiger partial charge on any atom is 0.258 e. The van der Waals surface area contributed by atoms with Gasteiger partial charge in [-0.2, -0.15) is 0 Å². The van der Waals surface area contributed by atoms with E-state index in [0.29, 0.717) is 41.2 Å². The molecule has 0 aromatic heterocycles. The molecular weight excluding hydrogens is 364 g/mol. The van der Waals surface area contributed by atoms with Crippen LogP contribution in [0.2, 0.25) is 5.02 Å². The highest BCUT2D eigenvalue weighted by Gasteiger charge is 2.26. The number of amides is 1. The third-order valence-electron chi connectivity index (χ3n) is 4.57. The zero-order valence-electron chi connectivity index (χ0n) is 15.9. The molecule has 0 fully saturated rings. The van der Waals surface area contributed by atoms with Gasteiger partial charge in [-0.1, -0.05) is 31.5 Å². The summed E-state index contributed by atoms with van der Waals surface area (Å²) < 4.78 is 11.2. The van der Waals surface area contributed by atoms with Gasteiger partial charge in [-0.15, -0.1) is 0 Å². The summed E-state index contributed by atoms with van der Waals surface area (Å²) in [7, 11) is 1.54. The third kappa shape index (κ3) is 3.98. The van der Waals surface area contributed by atoms with E-state index in [1.165, 1.54) is 0 Å². The predicted molar refractivity (Wildman–Crippen MR) is 109 cm³/mol. The first kappa shape index (κ1) is 19.4. The molecule has 0 saturated carbocycles. The Labute approximate surface area is 165 Å². The number of benzene rings is 2. The summed E-state index contributed by atoms with van der Waals surface area (Å²) in [6, 6.07) is 9.00. The van der Waals surface area contributed by atoms with Gasteiger partial charge in [0.1, 0.15) is 0 Å². The van der Waals surface area contributed by atoms with Crippen molar-refractivity contribution in [1.29, 1.82) is 0 Å². The summed E-state index contributed by atoms with van der Waals surface area (Å²) in [4.78, 5) is 15.0. The van der Waals surface area contributed by atoms with Crippen molar-refractivity contribution < 1.29 is 14.3 Å². The lowest BCUT2D eigenvalue weighted by Gasteiger charge is -2.30. The zero-order chi connectivity index (χ0) is 19.6. The second-order valence-electron chi connectivity index (χ2n) is 7.10. The van der Waals surface area contributed by atoms with Gasteiger partial charge in [0.2, 0.25) is 0 Å². The summed E-state index contributed by atoms with van der Waals surface area (Å²) in [6.07, 6.45) is 1.74. The van der Waals surface area contributed by atoms with E-state index in [4.69, 9.17) is 26.8 Å². The molecule has 1 amide bonds. The van der Waals surface area contributed by atoms with Crippen LogP contribution < -0.4 is 20.1 Å².